The van der Waals surface area contributed by atoms with E-state index in [1.807, 2.05) is 0 Å². The van der Waals surface area contributed by atoms with Gasteiger partial charge in [-0.05, 0) is 36.8 Å². The number of nitrogens with zero attached hydrogens (tertiary/aromatic N) is 2. The fourth-order valence-corrected chi connectivity index (χ4v) is 3.04. The van der Waals surface area contributed by atoms with Crippen LogP contribution >= 0.6 is 0 Å². The summed E-state index contributed by atoms with van der Waals surface area (Å²) in [5, 5.41) is 13.6. The number of nitro benzene ring substituents is 1. The van der Waals surface area contributed by atoms with E-state index < -0.39 is 27.0 Å². The minimum Gasteiger partial charge on any atom is -0.495 e. The van der Waals surface area contributed by atoms with Crippen molar-refractivity contribution < 1.29 is 27.6 Å². The molecular formula is C19H23N3O7S. The molecule has 0 aliphatic rings. The molecule has 0 saturated carbocycles. The molecule has 10 nitrogen and oxygen atoms in total. The molecule has 0 saturated heterocycles. The Bertz CT molecular complexity index is 1020. The van der Waals surface area contributed by atoms with E-state index in [1.54, 1.807) is 31.2 Å². The van der Waals surface area contributed by atoms with Gasteiger partial charge in [-0.3, -0.25) is 19.2 Å². The Labute approximate surface area is 174 Å². The Hall–Kier alpha value is -3.34. The normalized spacial score (nSPS) is 12.0. The molecule has 2 aromatic rings. The van der Waals surface area contributed by atoms with Gasteiger partial charge in [-0.25, -0.2) is 8.42 Å². The Morgan fingerprint density at radius 3 is 2.37 bits per heavy atom. The first kappa shape index (κ1) is 22.9. The molecule has 0 heterocycles. The Morgan fingerprint density at radius 2 is 1.87 bits per heavy atom. The summed E-state index contributed by atoms with van der Waals surface area (Å²) in [5.74, 6) is 0.138. The molecule has 2 rings (SSSR count). The third kappa shape index (κ3) is 5.60. The summed E-state index contributed by atoms with van der Waals surface area (Å²) < 4.78 is 35.2. The highest BCUT2D eigenvalue weighted by Crippen LogP contribution is 2.29. The average Bonchev–Trinajstić information content (AvgIpc) is 2.71. The summed E-state index contributed by atoms with van der Waals surface area (Å²) >= 11 is 0. The number of methoxy groups -OCH3 is 1. The van der Waals surface area contributed by atoms with E-state index in [0.717, 1.165) is 10.6 Å². The van der Waals surface area contributed by atoms with Crippen molar-refractivity contribution in [2.45, 2.75) is 19.4 Å². The maximum absolute atomic E-state index is 12.7. The number of nitrogens with one attached hydrogen (secondary N) is 1. The number of non-ortho nitro benzene ring substituents is 1. The zero-order valence-corrected chi connectivity index (χ0v) is 17.8. The first-order valence-corrected chi connectivity index (χ1v) is 10.8. The van der Waals surface area contributed by atoms with Crippen LogP contribution in [0, 0.1) is 10.1 Å². The summed E-state index contributed by atoms with van der Waals surface area (Å²) in [7, 11) is -0.573. The smallest absolute Gasteiger partial charge is 0.271 e. The predicted molar refractivity (Wildman–Crippen MR) is 113 cm³/mol. The maximum Gasteiger partial charge on any atom is 0.271 e. The molecule has 0 spiro atoms. The van der Waals surface area contributed by atoms with Crippen molar-refractivity contribution in [3.8, 4) is 11.5 Å². The highest BCUT2D eigenvalue weighted by molar-refractivity contribution is 7.92. The van der Waals surface area contributed by atoms with Gasteiger partial charge in [0.05, 0.1) is 29.7 Å². The van der Waals surface area contributed by atoms with Gasteiger partial charge in [0.1, 0.15) is 11.5 Å². The van der Waals surface area contributed by atoms with Gasteiger partial charge < -0.3 is 14.8 Å². The van der Waals surface area contributed by atoms with Crippen LogP contribution in [0.2, 0.25) is 0 Å². The standard InChI is InChI=1S/C19H23N3O7S/c1-5-17(29-15-9-6-13(7-10-15)21(2)30(4,26)27)19(23)20-16-12-14(22(24)25)8-11-18(16)28-3/h6-12,17H,5H2,1-4H3,(H,20,23). The lowest BCUT2D eigenvalue weighted by Crippen LogP contribution is -2.32. The summed E-state index contributed by atoms with van der Waals surface area (Å²) in [6, 6.07) is 10.1. The number of anilines is 2. The summed E-state index contributed by atoms with van der Waals surface area (Å²) in [4.78, 5) is 23.1. The van der Waals surface area contributed by atoms with Gasteiger partial charge in [-0.15, -0.1) is 0 Å². The molecule has 0 radical (unpaired) electrons. The van der Waals surface area contributed by atoms with Gasteiger partial charge in [-0.1, -0.05) is 6.92 Å². The van der Waals surface area contributed by atoms with Crippen molar-refractivity contribution in [3.05, 3.63) is 52.6 Å². The van der Waals surface area contributed by atoms with Crippen LogP contribution in [-0.4, -0.2) is 45.8 Å². The first-order chi connectivity index (χ1) is 14.1. The fourth-order valence-electron chi connectivity index (χ4n) is 2.53. The van der Waals surface area contributed by atoms with Gasteiger partial charge in [0.25, 0.3) is 11.6 Å². The average molecular weight is 437 g/mol. The zero-order valence-electron chi connectivity index (χ0n) is 17.0. The minimum absolute atomic E-state index is 0.156. The molecule has 1 unspecified atom stereocenters. The van der Waals surface area contributed by atoms with Crippen LogP contribution < -0.4 is 19.1 Å². The van der Waals surface area contributed by atoms with Crippen LogP contribution in [0.1, 0.15) is 13.3 Å². The monoisotopic (exact) mass is 437 g/mol. The van der Waals surface area contributed by atoms with E-state index in [-0.39, 0.29) is 17.1 Å². The predicted octanol–water partition coefficient (Wildman–Crippen LogP) is 2.80. The molecule has 0 fully saturated rings. The highest BCUT2D eigenvalue weighted by Gasteiger charge is 2.22. The molecule has 2 aromatic carbocycles. The maximum atomic E-state index is 12.7. The summed E-state index contributed by atoms with van der Waals surface area (Å²) in [6.45, 7) is 1.75. The Morgan fingerprint density at radius 1 is 1.23 bits per heavy atom. The van der Waals surface area contributed by atoms with Crippen molar-refractivity contribution in [2.24, 2.45) is 0 Å². The van der Waals surface area contributed by atoms with Crippen LogP contribution in [0.5, 0.6) is 11.5 Å². The van der Waals surface area contributed by atoms with Crippen molar-refractivity contribution in [1.82, 2.24) is 0 Å². The molecule has 11 heteroatoms. The van der Waals surface area contributed by atoms with Crippen LogP contribution in [0.15, 0.2) is 42.5 Å². The van der Waals surface area contributed by atoms with Gasteiger partial charge >= 0.3 is 0 Å². The van der Waals surface area contributed by atoms with Gasteiger partial charge in [0.15, 0.2) is 6.10 Å². The Kier molecular flexibility index (Phi) is 7.22. The third-order valence-electron chi connectivity index (χ3n) is 4.29. The summed E-state index contributed by atoms with van der Waals surface area (Å²) in [6.07, 6.45) is 0.540. The van der Waals surface area contributed by atoms with Crippen LogP contribution in [0.4, 0.5) is 17.1 Å². The number of nitro groups is 1. The molecule has 0 aromatic heterocycles. The lowest BCUT2D eigenvalue weighted by atomic mass is 10.2. The molecule has 0 bridgehead atoms. The quantitative estimate of drug-likeness (QED) is 0.472. The molecular weight excluding hydrogens is 414 g/mol. The van der Waals surface area contributed by atoms with Crippen LogP contribution in [0.3, 0.4) is 0 Å². The molecule has 0 aliphatic heterocycles. The highest BCUT2D eigenvalue weighted by atomic mass is 32.2. The van der Waals surface area contributed by atoms with Crippen molar-refractivity contribution in [2.75, 3.05) is 30.0 Å². The number of carbonyl (C=O) groups excluding carboxylic acids is 1. The number of amides is 1. The van der Waals surface area contributed by atoms with E-state index in [4.69, 9.17) is 9.47 Å². The number of hydrogen-bond donors (Lipinski definition) is 1. The second-order valence-electron chi connectivity index (χ2n) is 6.37. The molecule has 1 N–H and O–H groups in total. The van der Waals surface area contributed by atoms with Crippen LogP contribution in [-0.2, 0) is 14.8 Å². The SMILES string of the molecule is CCC(Oc1ccc(N(C)S(C)(=O)=O)cc1)C(=O)Nc1cc([N+](=O)[O-])ccc1OC. The fraction of sp³-hybridized carbons (Fsp3) is 0.316. The topological polar surface area (TPSA) is 128 Å². The number of carbonyl (C=O) groups is 1. The third-order valence-corrected chi connectivity index (χ3v) is 5.50. The zero-order chi connectivity index (χ0) is 22.5. The van der Waals surface area contributed by atoms with Crippen molar-refractivity contribution >= 4 is 33.0 Å². The minimum atomic E-state index is -3.39. The van der Waals surface area contributed by atoms with Gasteiger partial charge in [-0.2, -0.15) is 0 Å². The molecule has 162 valence electrons. The number of ether oxygens (including phenoxy) is 2. The number of rotatable bonds is 9. The van der Waals surface area contributed by atoms with Crippen molar-refractivity contribution in [1.29, 1.82) is 0 Å². The number of benzene rings is 2. The molecule has 0 aliphatic carbocycles. The van der Waals surface area contributed by atoms with E-state index in [9.17, 15) is 23.3 Å². The second kappa shape index (κ2) is 9.44. The van der Waals surface area contributed by atoms with Crippen LogP contribution in [0.25, 0.3) is 0 Å². The largest absolute Gasteiger partial charge is 0.495 e. The number of hydrogen-bond acceptors (Lipinski definition) is 7. The van der Waals surface area contributed by atoms with E-state index in [0.29, 0.717) is 17.9 Å². The molecule has 1 amide bonds. The van der Waals surface area contributed by atoms with Gasteiger partial charge in [0.2, 0.25) is 10.0 Å². The lowest BCUT2D eigenvalue weighted by molar-refractivity contribution is -0.384. The summed E-state index contributed by atoms with van der Waals surface area (Å²) in [5.41, 5.74) is 0.415. The van der Waals surface area contributed by atoms with E-state index in [1.165, 1.54) is 32.4 Å². The van der Waals surface area contributed by atoms with Gasteiger partial charge in [0, 0.05) is 19.2 Å². The molecule has 30 heavy (non-hydrogen) atoms. The Balaban J connectivity index is 2.16. The second-order valence-corrected chi connectivity index (χ2v) is 8.38. The lowest BCUT2D eigenvalue weighted by Gasteiger charge is -2.20. The number of sulfonamides is 1. The molecule has 1 atom stereocenters. The van der Waals surface area contributed by atoms with Crippen molar-refractivity contribution in [3.63, 3.8) is 0 Å². The van der Waals surface area contributed by atoms with E-state index in [2.05, 4.69) is 5.32 Å². The van der Waals surface area contributed by atoms with E-state index >= 15 is 0 Å². The first-order valence-electron chi connectivity index (χ1n) is 8.90.